The van der Waals surface area contributed by atoms with E-state index >= 15 is 0 Å². The summed E-state index contributed by atoms with van der Waals surface area (Å²) in [6.07, 6.45) is 8.70. The highest BCUT2D eigenvalue weighted by Gasteiger charge is 1.97. The molecule has 0 atom stereocenters. The average Bonchev–Trinajstić information content (AvgIpc) is 2.84. The summed E-state index contributed by atoms with van der Waals surface area (Å²) in [7, 11) is 0. The second kappa shape index (κ2) is 6.15. The van der Waals surface area contributed by atoms with Crippen LogP contribution < -0.4 is 5.32 Å². The standard InChI is InChI=1S/C13H18N4/c1-2-17-11-13(10-16-17)9-15-8-5-12-3-6-14-7-4-12/h3-4,6-7,10-11,15H,2,5,8-9H2,1H3. The van der Waals surface area contributed by atoms with E-state index in [1.165, 1.54) is 11.1 Å². The summed E-state index contributed by atoms with van der Waals surface area (Å²) < 4.78 is 1.94. The molecule has 0 fully saturated rings. The molecule has 2 rings (SSSR count). The highest BCUT2D eigenvalue weighted by atomic mass is 15.3. The number of pyridine rings is 1. The molecule has 0 saturated carbocycles. The van der Waals surface area contributed by atoms with Gasteiger partial charge in [-0.1, -0.05) is 0 Å². The number of nitrogens with zero attached hydrogens (tertiary/aromatic N) is 3. The minimum absolute atomic E-state index is 0.880. The first-order valence-corrected chi connectivity index (χ1v) is 5.99. The summed E-state index contributed by atoms with van der Waals surface area (Å²) in [6, 6.07) is 4.10. The number of hydrogen-bond acceptors (Lipinski definition) is 3. The Morgan fingerprint density at radius 2 is 2.06 bits per heavy atom. The third-order valence-electron chi connectivity index (χ3n) is 2.68. The Labute approximate surface area is 102 Å². The molecule has 2 aromatic rings. The lowest BCUT2D eigenvalue weighted by Crippen LogP contribution is -2.16. The van der Waals surface area contributed by atoms with Gasteiger partial charge in [0, 0.05) is 37.2 Å². The molecule has 0 aliphatic carbocycles. The van der Waals surface area contributed by atoms with Gasteiger partial charge in [0.2, 0.25) is 0 Å². The van der Waals surface area contributed by atoms with Crippen LogP contribution in [0.5, 0.6) is 0 Å². The van der Waals surface area contributed by atoms with Gasteiger partial charge in [-0.05, 0) is 37.6 Å². The summed E-state index contributed by atoms with van der Waals surface area (Å²) in [5.74, 6) is 0. The van der Waals surface area contributed by atoms with E-state index in [4.69, 9.17) is 0 Å². The van der Waals surface area contributed by atoms with Crippen LogP contribution in [0.4, 0.5) is 0 Å². The molecular weight excluding hydrogens is 212 g/mol. The molecule has 0 radical (unpaired) electrons. The van der Waals surface area contributed by atoms with Crippen molar-refractivity contribution < 1.29 is 0 Å². The van der Waals surface area contributed by atoms with Crippen LogP contribution in [0.2, 0.25) is 0 Å². The van der Waals surface area contributed by atoms with Gasteiger partial charge in [0.05, 0.1) is 6.20 Å². The Hall–Kier alpha value is -1.68. The van der Waals surface area contributed by atoms with Gasteiger partial charge in [0.15, 0.2) is 0 Å². The summed E-state index contributed by atoms with van der Waals surface area (Å²) in [5, 5.41) is 7.65. The smallest absolute Gasteiger partial charge is 0.0534 e. The highest BCUT2D eigenvalue weighted by molar-refractivity contribution is 5.10. The average molecular weight is 230 g/mol. The Morgan fingerprint density at radius 1 is 1.24 bits per heavy atom. The quantitative estimate of drug-likeness (QED) is 0.767. The first-order valence-electron chi connectivity index (χ1n) is 5.99. The van der Waals surface area contributed by atoms with Crippen molar-refractivity contribution in [3.8, 4) is 0 Å². The number of aromatic nitrogens is 3. The van der Waals surface area contributed by atoms with E-state index in [1.54, 1.807) is 0 Å². The highest BCUT2D eigenvalue weighted by Crippen LogP contribution is 1.98. The van der Waals surface area contributed by atoms with Crippen LogP contribution in [0.1, 0.15) is 18.1 Å². The van der Waals surface area contributed by atoms with Gasteiger partial charge < -0.3 is 5.32 Å². The maximum absolute atomic E-state index is 4.24. The van der Waals surface area contributed by atoms with Crippen LogP contribution in [0, 0.1) is 0 Å². The van der Waals surface area contributed by atoms with Crippen molar-refractivity contribution in [3.63, 3.8) is 0 Å². The van der Waals surface area contributed by atoms with Gasteiger partial charge in [0.1, 0.15) is 0 Å². The molecule has 0 aliphatic heterocycles. The normalized spacial score (nSPS) is 10.6. The zero-order valence-corrected chi connectivity index (χ0v) is 10.1. The summed E-state index contributed by atoms with van der Waals surface area (Å²) in [5.41, 5.74) is 2.55. The molecule has 0 bridgehead atoms. The van der Waals surface area contributed by atoms with Crippen molar-refractivity contribution in [2.75, 3.05) is 6.54 Å². The lowest BCUT2D eigenvalue weighted by Gasteiger charge is -2.02. The maximum Gasteiger partial charge on any atom is 0.0534 e. The van der Waals surface area contributed by atoms with Crippen molar-refractivity contribution in [2.24, 2.45) is 0 Å². The molecule has 2 heterocycles. The number of nitrogens with one attached hydrogen (secondary N) is 1. The maximum atomic E-state index is 4.24. The van der Waals surface area contributed by atoms with Crippen LogP contribution in [0.3, 0.4) is 0 Å². The Kier molecular flexibility index (Phi) is 4.27. The molecule has 0 amide bonds. The largest absolute Gasteiger partial charge is 0.312 e. The van der Waals surface area contributed by atoms with Gasteiger partial charge in [-0.15, -0.1) is 0 Å². The third kappa shape index (κ3) is 3.67. The molecule has 0 unspecified atom stereocenters. The minimum Gasteiger partial charge on any atom is -0.312 e. The van der Waals surface area contributed by atoms with E-state index < -0.39 is 0 Å². The first-order chi connectivity index (χ1) is 8.38. The predicted octanol–water partition coefficient (Wildman–Crippen LogP) is 1.63. The Balaban J connectivity index is 1.69. The van der Waals surface area contributed by atoms with E-state index in [0.29, 0.717) is 0 Å². The molecule has 0 aliphatic rings. The van der Waals surface area contributed by atoms with Crippen LogP contribution >= 0.6 is 0 Å². The van der Waals surface area contributed by atoms with Crippen molar-refractivity contribution in [3.05, 3.63) is 48.0 Å². The van der Waals surface area contributed by atoms with Gasteiger partial charge in [-0.3, -0.25) is 9.67 Å². The van der Waals surface area contributed by atoms with Gasteiger partial charge in [0.25, 0.3) is 0 Å². The molecule has 17 heavy (non-hydrogen) atoms. The zero-order chi connectivity index (χ0) is 11.9. The molecule has 2 aromatic heterocycles. The van der Waals surface area contributed by atoms with E-state index in [1.807, 2.05) is 23.3 Å². The monoisotopic (exact) mass is 230 g/mol. The predicted molar refractivity (Wildman–Crippen MR) is 67.5 cm³/mol. The van der Waals surface area contributed by atoms with E-state index in [2.05, 4.69) is 40.7 Å². The Morgan fingerprint density at radius 3 is 2.76 bits per heavy atom. The summed E-state index contributed by atoms with van der Waals surface area (Å²) in [4.78, 5) is 4.00. The molecule has 1 N–H and O–H groups in total. The molecule has 4 heteroatoms. The van der Waals surface area contributed by atoms with Crippen LogP contribution in [0.15, 0.2) is 36.9 Å². The first kappa shape index (κ1) is 11.8. The van der Waals surface area contributed by atoms with Crippen molar-refractivity contribution in [1.29, 1.82) is 0 Å². The zero-order valence-electron chi connectivity index (χ0n) is 10.1. The van der Waals surface area contributed by atoms with E-state index in [0.717, 1.165) is 26.1 Å². The van der Waals surface area contributed by atoms with Crippen molar-refractivity contribution >= 4 is 0 Å². The topological polar surface area (TPSA) is 42.7 Å². The lowest BCUT2D eigenvalue weighted by atomic mass is 10.2. The number of hydrogen-bond donors (Lipinski definition) is 1. The van der Waals surface area contributed by atoms with Crippen LogP contribution in [0.25, 0.3) is 0 Å². The molecular formula is C13H18N4. The second-order valence-corrected chi connectivity index (χ2v) is 3.99. The molecule has 90 valence electrons. The number of rotatable bonds is 6. The van der Waals surface area contributed by atoms with Crippen molar-refractivity contribution in [1.82, 2.24) is 20.1 Å². The molecule has 4 nitrogen and oxygen atoms in total. The third-order valence-corrected chi connectivity index (χ3v) is 2.68. The SMILES string of the molecule is CCn1cc(CNCCc2ccncc2)cn1. The van der Waals surface area contributed by atoms with Gasteiger partial charge in [-0.2, -0.15) is 5.10 Å². The van der Waals surface area contributed by atoms with Crippen LogP contribution in [-0.2, 0) is 19.5 Å². The lowest BCUT2D eigenvalue weighted by molar-refractivity contribution is 0.655. The molecule has 0 spiro atoms. The number of aryl methyl sites for hydroxylation is 1. The van der Waals surface area contributed by atoms with Gasteiger partial charge in [-0.25, -0.2) is 0 Å². The van der Waals surface area contributed by atoms with Crippen molar-refractivity contribution in [2.45, 2.75) is 26.4 Å². The molecule has 0 aromatic carbocycles. The van der Waals surface area contributed by atoms with E-state index in [-0.39, 0.29) is 0 Å². The fourth-order valence-corrected chi connectivity index (χ4v) is 1.69. The molecule has 0 saturated heterocycles. The summed E-state index contributed by atoms with van der Waals surface area (Å²) >= 11 is 0. The fourth-order valence-electron chi connectivity index (χ4n) is 1.69. The fraction of sp³-hybridized carbons (Fsp3) is 0.385. The summed E-state index contributed by atoms with van der Waals surface area (Å²) in [6.45, 7) is 4.87. The van der Waals surface area contributed by atoms with Gasteiger partial charge >= 0.3 is 0 Å². The van der Waals surface area contributed by atoms with E-state index in [9.17, 15) is 0 Å². The minimum atomic E-state index is 0.880. The van der Waals surface area contributed by atoms with Crippen LogP contribution in [-0.4, -0.2) is 21.3 Å². The second-order valence-electron chi connectivity index (χ2n) is 3.99. The Bertz CT molecular complexity index is 436.